The number of likely N-dealkylation sites (tertiary alicyclic amines) is 1. The summed E-state index contributed by atoms with van der Waals surface area (Å²) in [6, 6.07) is 0. The van der Waals surface area contributed by atoms with Gasteiger partial charge in [0.15, 0.2) is 0 Å². The number of rotatable bonds is 4. The molecule has 0 N–H and O–H groups in total. The topological polar surface area (TPSA) is 15.8 Å². The van der Waals surface area contributed by atoms with E-state index in [9.17, 15) is 0 Å². The summed E-state index contributed by atoms with van der Waals surface area (Å²) in [4.78, 5) is 2.78. The quantitative estimate of drug-likeness (QED) is 0.698. The number of hydrogen-bond acceptors (Lipinski definition) is 2. The first-order valence-electron chi connectivity index (χ1n) is 7.35. The fraction of sp³-hybridized carbons (Fsp3) is 1.00. The van der Waals surface area contributed by atoms with Gasteiger partial charge in [-0.2, -0.15) is 0 Å². The average Bonchev–Trinajstić information content (AvgIpc) is 3.14. The van der Waals surface area contributed by atoms with Gasteiger partial charge in [0.2, 0.25) is 0 Å². The summed E-state index contributed by atoms with van der Waals surface area (Å²) in [5, 5.41) is 0. The van der Waals surface area contributed by atoms with Crippen LogP contribution in [0.2, 0.25) is 0 Å². The van der Waals surface area contributed by atoms with E-state index in [0.717, 1.165) is 19.1 Å². The molecule has 2 fully saturated rings. The van der Waals surface area contributed by atoms with Crippen LogP contribution in [0.25, 0.3) is 0 Å². The Bertz CT molecular complexity index is 276. The highest BCUT2D eigenvalue weighted by Crippen LogP contribution is 2.45. The Morgan fingerprint density at radius 2 is 1.88 bits per heavy atom. The smallest absolute Gasteiger partial charge is 0.0936 e. The van der Waals surface area contributed by atoms with Crippen molar-refractivity contribution in [2.75, 3.05) is 13.2 Å². The molecule has 0 bridgehead atoms. The van der Waals surface area contributed by atoms with Crippen molar-refractivity contribution in [1.82, 2.24) is 4.90 Å². The number of nitrogens with zero attached hydrogens (tertiary/aromatic N) is 1. The minimum atomic E-state index is 0.356. The molecule has 2 aliphatic heterocycles. The summed E-state index contributed by atoms with van der Waals surface area (Å²) in [6.45, 7) is 14.1. The molecule has 2 saturated heterocycles. The summed E-state index contributed by atoms with van der Waals surface area (Å²) in [6.07, 6.45) is 5.72. The van der Waals surface area contributed by atoms with Gasteiger partial charge in [-0.15, -0.1) is 0 Å². The number of ether oxygens (including phenoxy) is 1. The van der Waals surface area contributed by atoms with Gasteiger partial charge in [-0.3, -0.25) is 4.90 Å². The third-order valence-corrected chi connectivity index (χ3v) is 5.71. The van der Waals surface area contributed by atoms with E-state index >= 15 is 0 Å². The fourth-order valence-electron chi connectivity index (χ4n) is 3.57. The largest absolute Gasteiger partial charge is 0.372 e. The molecule has 4 unspecified atom stereocenters. The SMILES string of the molecule is CCC1(C)CCC(C)C(C)(CC)N1CC1CO1. The maximum absolute atomic E-state index is 5.48. The van der Waals surface area contributed by atoms with Crippen LogP contribution < -0.4 is 0 Å². The van der Waals surface area contributed by atoms with Crippen LogP contribution in [-0.4, -0.2) is 35.2 Å². The van der Waals surface area contributed by atoms with E-state index in [4.69, 9.17) is 4.74 Å². The second-order valence-corrected chi connectivity index (χ2v) is 6.57. The molecule has 2 heterocycles. The zero-order valence-electron chi connectivity index (χ0n) is 12.3. The average molecular weight is 239 g/mol. The van der Waals surface area contributed by atoms with Crippen molar-refractivity contribution in [3.8, 4) is 0 Å². The molecule has 17 heavy (non-hydrogen) atoms. The molecule has 0 amide bonds. The molecule has 0 aromatic carbocycles. The van der Waals surface area contributed by atoms with Gasteiger partial charge in [0.05, 0.1) is 12.7 Å². The van der Waals surface area contributed by atoms with Gasteiger partial charge >= 0.3 is 0 Å². The van der Waals surface area contributed by atoms with Gasteiger partial charge in [0, 0.05) is 17.6 Å². The maximum atomic E-state index is 5.48. The van der Waals surface area contributed by atoms with Gasteiger partial charge < -0.3 is 4.74 Å². The highest BCUT2D eigenvalue weighted by Gasteiger charge is 2.49. The summed E-state index contributed by atoms with van der Waals surface area (Å²) >= 11 is 0. The van der Waals surface area contributed by atoms with Crippen molar-refractivity contribution in [1.29, 1.82) is 0 Å². The summed E-state index contributed by atoms with van der Waals surface area (Å²) in [7, 11) is 0. The Morgan fingerprint density at radius 3 is 2.35 bits per heavy atom. The van der Waals surface area contributed by atoms with E-state index < -0.39 is 0 Å². The Labute approximate surface area is 107 Å². The molecule has 0 aromatic heterocycles. The normalized spacial score (nSPS) is 47.1. The predicted molar refractivity (Wildman–Crippen MR) is 72.2 cm³/mol. The Morgan fingerprint density at radius 1 is 1.24 bits per heavy atom. The fourth-order valence-corrected chi connectivity index (χ4v) is 3.57. The molecule has 0 aliphatic carbocycles. The van der Waals surface area contributed by atoms with E-state index in [1.807, 2.05) is 0 Å². The van der Waals surface area contributed by atoms with Crippen LogP contribution in [0.4, 0.5) is 0 Å². The van der Waals surface area contributed by atoms with Crippen molar-refractivity contribution in [2.45, 2.75) is 77.5 Å². The van der Waals surface area contributed by atoms with Crippen LogP contribution >= 0.6 is 0 Å². The first-order valence-corrected chi connectivity index (χ1v) is 7.35. The third-order valence-electron chi connectivity index (χ3n) is 5.71. The zero-order valence-corrected chi connectivity index (χ0v) is 12.3. The van der Waals surface area contributed by atoms with Crippen LogP contribution in [0.5, 0.6) is 0 Å². The van der Waals surface area contributed by atoms with Crippen LogP contribution in [-0.2, 0) is 4.74 Å². The molecule has 2 heteroatoms. The minimum Gasteiger partial charge on any atom is -0.372 e. The number of hydrogen-bond donors (Lipinski definition) is 0. The molecule has 0 aromatic rings. The van der Waals surface area contributed by atoms with E-state index in [1.165, 1.54) is 25.7 Å². The lowest BCUT2D eigenvalue weighted by Crippen LogP contribution is -2.64. The summed E-state index contributed by atoms with van der Waals surface area (Å²) in [5.41, 5.74) is 0.734. The van der Waals surface area contributed by atoms with Crippen LogP contribution in [0, 0.1) is 5.92 Å². The highest BCUT2D eigenvalue weighted by atomic mass is 16.6. The van der Waals surface area contributed by atoms with Crippen molar-refractivity contribution >= 4 is 0 Å². The Hall–Kier alpha value is -0.0800. The van der Waals surface area contributed by atoms with Crippen molar-refractivity contribution in [3.63, 3.8) is 0 Å². The highest BCUT2D eigenvalue weighted by molar-refractivity contribution is 5.04. The van der Waals surface area contributed by atoms with E-state index in [-0.39, 0.29) is 0 Å². The lowest BCUT2D eigenvalue weighted by Gasteiger charge is -2.58. The summed E-state index contributed by atoms with van der Waals surface area (Å²) in [5.74, 6) is 0.797. The number of epoxide rings is 1. The molecule has 2 aliphatic rings. The number of piperidine rings is 1. The second-order valence-electron chi connectivity index (χ2n) is 6.57. The monoisotopic (exact) mass is 239 g/mol. The lowest BCUT2D eigenvalue weighted by molar-refractivity contribution is -0.0850. The lowest BCUT2D eigenvalue weighted by atomic mass is 9.69. The maximum Gasteiger partial charge on any atom is 0.0936 e. The molecular formula is C15H29NO. The standard InChI is InChI=1S/C15H29NO/c1-6-14(4)9-8-12(3)15(5,7-2)16(14)10-13-11-17-13/h12-13H,6-11H2,1-5H3. The van der Waals surface area contributed by atoms with Crippen LogP contribution in [0.15, 0.2) is 0 Å². The molecule has 2 nitrogen and oxygen atoms in total. The molecule has 0 spiro atoms. The van der Waals surface area contributed by atoms with E-state index in [0.29, 0.717) is 17.2 Å². The Balaban J connectivity index is 2.24. The predicted octanol–water partition coefficient (Wildman–Crippen LogP) is 3.45. The van der Waals surface area contributed by atoms with Crippen molar-refractivity contribution in [2.24, 2.45) is 5.92 Å². The van der Waals surface area contributed by atoms with Gasteiger partial charge in [-0.05, 0) is 45.4 Å². The van der Waals surface area contributed by atoms with Crippen LogP contribution in [0.3, 0.4) is 0 Å². The van der Waals surface area contributed by atoms with Gasteiger partial charge in [0.1, 0.15) is 0 Å². The zero-order chi connectivity index (χ0) is 12.7. The van der Waals surface area contributed by atoms with Crippen molar-refractivity contribution < 1.29 is 4.74 Å². The molecule has 4 atom stereocenters. The minimum absolute atomic E-state index is 0.356. The summed E-state index contributed by atoms with van der Waals surface area (Å²) < 4.78 is 5.48. The van der Waals surface area contributed by atoms with Gasteiger partial charge in [-0.25, -0.2) is 0 Å². The van der Waals surface area contributed by atoms with Gasteiger partial charge in [0.25, 0.3) is 0 Å². The second kappa shape index (κ2) is 4.55. The molecular weight excluding hydrogens is 210 g/mol. The third kappa shape index (κ3) is 2.26. The van der Waals surface area contributed by atoms with Crippen LogP contribution in [0.1, 0.15) is 60.3 Å². The van der Waals surface area contributed by atoms with E-state index in [2.05, 4.69) is 39.5 Å². The van der Waals surface area contributed by atoms with E-state index in [1.54, 1.807) is 0 Å². The molecule has 0 saturated carbocycles. The Kier molecular flexibility index (Phi) is 3.57. The first-order chi connectivity index (χ1) is 7.96. The molecule has 100 valence electrons. The van der Waals surface area contributed by atoms with Crippen molar-refractivity contribution in [3.05, 3.63) is 0 Å². The van der Waals surface area contributed by atoms with Gasteiger partial charge in [-0.1, -0.05) is 20.8 Å². The molecule has 0 radical (unpaired) electrons. The first kappa shape index (κ1) is 13.4. The molecule has 2 rings (SSSR count).